The van der Waals surface area contributed by atoms with Gasteiger partial charge >= 0.3 is 0 Å². The average molecular weight is 461 g/mol. The van der Waals surface area contributed by atoms with Crippen molar-refractivity contribution in [2.45, 2.75) is 13.3 Å². The highest BCUT2D eigenvalue weighted by Gasteiger charge is 2.36. The molecule has 1 aliphatic rings. The number of nitro groups is 1. The standard InChI is InChI=1S/C25H23N3O6/c1-16-4-3-5-21(12-16)34-20-9-6-18(7-10-20)26-25(30)17-13-24(29)27(15-17)22-11-8-19(28(31)32)14-23(22)33-2/h3-12,14,17H,13,15H2,1-2H3,(H,26,30)/t17-/m0/s1. The van der Waals surface area contributed by atoms with Gasteiger partial charge in [0, 0.05) is 24.7 Å². The largest absolute Gasteiger partial charge is 0.494 e. The molecule has 9 heteroatoms. The molecule has 0 spiro atoms. The molecule has 3 aromatic carbocycles. The Balaban J connectivity index is 1.41. The van der Waals surface area contributed by atoms with Crippen molar-refractivity contribution in [1.29, 1.82) is 0 Å². The molecule has 1 atom stereocenters. The lowest BCUT2D eigenvalue weighted by molar-refractivity contribution is -0.384. The van der Waals surface area contributed by atoms with Crippen molar-refractivity contribution in [2.24, 2.45) is 5.92 Å². The molecular formula is C25H23N3O6. The van der Waals surface area contributed by atoms with Gasteiger partial charge in [-0.25, -0.2) is 0 Å². The first kappa shape index (κ1) is 22.8. The molecule has 0 aromatic heterocycles. The van der Waals surface area contributed by atoms with Gasteiger partial charge in [0.15, 0.2) is 0 Å². The monoisotopic (exact) mass is 461 g/mol. The Bertz CT molecular complexity index is 1240. The van der Waals surface area contributed by atoms with Crippen molar-refractivity contribution < 1.29 is 24.0 Å². The number of ether oxygens (including phenoxy) is 2. The van der Waals surface area contributed by atoms with E-state index in [1.807, 2.05) is 31.2 Å². The SMILES string of the molecule is COc1cc([N+](=O)[O-])ccc1N1C[C@@H](C(=O)Nc2ccc(Oc3cccc(C)c3)cc2)CC1=O. The Labute approximate surface area is 196 Å². The number of carbonyl (C=O) groups is 2. The second-order valence-electron chi connectivity index (χ2n) is 7.95. The second kappa shape index (κ2) is 9.62. The summed E-state index contributed by atoms with van der Waals surface area (Å²) >= 11 is 0. The lowest BCUT2D eigenvalue weighted by atomic mass is 10.1. The molecule has 0 radical (unpaired) electrons. The van der Waals surface area contributed by atoms with Gasteiger partial charge in [-0.15, -0.1) is 0 Å². The number of nitrogens with one attached hydrogen (secondary N) is 1. The zero-order valence-corrected chi connectivity index (χ0v) is 18.7. The summed E-state index contributed by atoms with van der Waals surface area (Å²) in [5.74, 6) is 0.445. The number of hydrogen-bond donors (Lipinski definition) is 1. The van der Waals surface area contributed by atoms with Crippen LogP contribution >= 0.6 is 0 Å². The highest BCUT2D eigenvalue weighted by molar-refractivity contribution is 6.04. The van der Waals surface area contributed by atoms with Gasteiger partial charge in [-0.05, 0) is 55.0 Å². The number of rotatable bonds is 7. The lowest BCUT2D eigenvalue weighted by Crippen LogP contribution is -2.28. The van der Waals surface area contributed by atoms with Crippen molar-refractivity contribution >= 4 is 28.9 Å². The van der Waals surface area contributed by atoms with E-state index < -0.39 is 10.8 Å². The summed E-state index contributed by atoms with van der Waals surface area (Å²) in [6.45, 7) is 2.13. The van der Waals surface area contributed by atoms with Crippen LogP contribution in [0.1, 0.15) is 12.0 Å². The molecule has 0 unspecified atom stereocenters. The van der Waals surface area contributed by atoms with E-state index in [1.165, 1.54) is 30.2 Å². The number of carbonyl (C=O) groups excluding carboxylic acids is 2. The summed E-state index contributed by atoms with van der Waals surface area (Å²) < 4.78 is 11.1. The number of anilines is 2. The molecule has 2 amide bonds. The average Bonchev–Trinajstić information content (AvgIpc) is 3.21. The van der Waals surface area contributed by atoms with Crippen LogP contribution in [0.3, 0.4) is 0 Å². The molecule has 3 aromatic rings. The summed E-state index contributed by atoms with van der Waals surface area (Å²) in [6.07, 6.45) is 0.0283. The summed E-state index contributed by atoms with van der Waals surface area (Å²) in [7, 11) is 1.37. The molecule has 174 valence electrons. The predicted molar refractivity (Wildman–Crippen MR) is 126 cm³/mol. The van der Waals surface area contributed by atoms with Crippen LogP contribution in [0, 0.1) is 23.0 Å². The number of aryl methyl sites for hydroxylation is 1. The molecule has 4 rings (SSSR count). The molecule has 1 N–H and O–H groups in total. The molecular weight excluding hydrogens is 438 g/mol. The second-order valence-corrected chi connectivity index (χ2v) is 7.95. The Hall–Kier alpha value is -4.40. The molecule has 1 fully saturated rings. The molecule has 0 aliphatic carbocycles. The molecule has 1 saturated heterocycles. The number of methoxy groups -OCH3 is 1. The van der Waals surface area contributed by atoms with E-state index in [0.29, 0.717) is 17.1 Å². The lowest BCUT2D eigenvalue weighted by Gasteiger charge is -2.19. The highest BCUT2D eigenvalue weighted by atomic mass is 16.6. The number of benzene rings is 3. The van der Waals surface area contributed by atoms with E-state index >= 15 is 0 Å². The number of amides is 2. The van der Waals surface area contributed by atoms with Gasteiger partial charge < -0.3 is 19.7 Å². The van der Waals surface area contributed by atoms with Gasteiger partial charge in [0.2, 0.25) is 11.8 Å². The fourth-order valence-electron chi connectivity index (χ4n) is 3.78. The molecule has 0 bridgehead atoms. The maximum absolute atomic E-state index is 12.8. The van der Waals surface area contributed by atoms with Crippen LogP contribution in [-0.4, -0.2) is 30.4 Å². The third-order valence-electron chi connectivity index (χ3n) is 5.51. The molecule has 9 nitrogen and oxygen atoms in total. The maximum atomic E-state index is 12.8. The van der Waals surface area contributed by atoms with Gasteiger partial charge in [-0.2, -0.15) is 0 Å². The molecule has 34 heavy (non-hydrogen) atoms. The van der Waals surface area contributed by atoms with Crippen molar-refractivity contribution in [2.75, 3.05) is 23.9 Å². The minimum atomic E-state index is -0.574. The van der Waals surface area contributed by atoms with Crippen molar-refractivity contribution in [3.05, 3.63) is 82.4 Å². The Kier molecular flexibility index (Phi) is 6.44. The molecule has 1 aliphatic heterocycles. The van der Waals surface area contributed by atoms with Gasteiger partial charge in [0.05, 0.1) is 29.7 Å². The van der Waals surface area contributed by atoms with Gasteiger partial charge in [-0.1, -0.05) is 12.1 Å². The minimum Gasteiger partial charge on any atom is -0.494 e. The maximum Gasteiger partial charge on any atom is 0.273 e. The third-order valence-corrected chi connectivity index (χ3v) is 5.51. The van der Waals surface area contributed by atoms with Crippen LogP contribution in [0.2, 0.25) is 0 Å². The first-order valence-corrected chi connectivity index (χ1v) is 10.6. The van der Waals surface area contributed by atoms with Crippen LogP contribution in [0.5, 0.6) is 17.2 Å². The Morgan fingerprint density at radius 3 is 2.53 bits per heavy atom. The van der Waals surface area contributed by atoms with E-state index in [0.717, 1.165) is 11.3 Å². The predicted octanol–water partition coefficient (Wildman–Crippen LogP) is 4.70. The van der Waals surface area contributed by atoms with Crippen molar-refractivity contribution in [1.82, 2.24) is 0 Å². The summed E-state index contributed by atoms with van der Waals surface area (Å²) in [5.41, 5.74) is 1.93. The van der Waals surface area contributed by atoms with Crippen LogP contribution in [-0.2, 0) is 9.59 Å². The number of nitrogens with zero attached hydrogens (tertiary/aromatic N) is 2. The zero-order valence-electron chi connectivity index (χ0n) is 18.7. The van der Waals surface area contributed by atoms with E-state index in [2.05, 4.69) is 5.32 Å². The summed E-state index contributed by atoms with van der Waals surface area (Å²) in [5, 5.41) is 13.9. The Morgan fingerprint density at radius 1 is 1.09 bits per heavy atom. The zero-order chi connectivity index (χ0) is 24.2. The van der Waals surface area contributed by atoms with Crippen LogP contribution in [0.15, 0.2) is 66.7 Å². The Morgan fingerprint density at radius 2 is 1.85 bits per heavy atom. The summed E-state index contributed by atoms with van der Waals surface area (Å²) in [4.78, 5) is 37.3. The number of non-ortho nitro benzene ring substituents is 1. The van der Waals surface area contributed by atoms with E-state index in [-0.39, 0.29) is 36.2 Å². The first-order chi connectivity index (χ1) is 16.3. The van der Waals surface area contributed by atoms with Gasteiger partial charge in [-0.3, -0.25) is 19.7 Å². The van der Waals surface area contributed by atoms with Crippen molar-refractivity contribution in [3.8, 4) is 17.2 Å². The fraction of sp³-hybridized carbons (Fsp3) is 0.200. The molecule has 0 saturated carbocycles. The quantitative estimate of drug-likeness (QED) is 0.403. The number of nitro benzene ring substituents is 1. The van der Waals surface area contributed by atoms with E-state index in [4.69, 9.17) is 9.47 Å². The smallest absolute Gasteiger partial charge is 0.273 e. The highest BCUT2D eigenvalue weighted by Crippen LogP contribution is 2.36. The van der Waals surface area contributed by atoms with Gasteiger partial charge in [0.25, 0.3) is 5.69 Å². The normalized spacial score (nSPS) is 15.2. The topological polar surface area (TPSA) is 111 Å². The van der Waals surface area contributed by atoms with Crippen molar-refractivity contribution in [3.63, 3.8) is 0 Å². The van der Waals surface area contributed by atoms with Gasteiger partial charge in [0.1, 0.15) is 17.2 Å². The fourth-order valence-corrected chi connectivity index (χ4v) is 3.78. The van der Waals surface area contributed by atoms with E-state index in [9.17, 15) is 19.7 Å². The van der Waals surface area contributed by atoms with Crippen LogP contribution in [0.25, 0.3) is 0 Å². The first-order valence-electron chi connectivity index (χ1n) is 10.6. The van der Waals surface area contributed by atoms with Crippen LogP contribution in [0.4, 0.5) is 17.1 Å². The van der Waals surface area contributed by atoms with Crippen LogP contribution < -0.4 is 19.7 Å². The third kappa shape index (κ3) is 4.98. The minimum absolute atomic E-state index is 0.0283. The van der Waals surface area contributed by atoms with E-state index in [1.54, 1.807) is 24.3 Å². The molecule has 1 heterocycles. The summed E-state index contributed by atoms with van der Waals surface area (Å²) in [6, 6.07) is 18.7. The number of hydrogen-bond acceptors (Lipinski definition) is 6.